The molecule has 0 bridgehead atoms. The summed E-state index contributed by atoms with van der Waals surface area (Å²) in [5, 5.41) is 3.55. The number of anilines is 1. The van der Waals surface area contributed by atoms with Crippen LogP contribution in [0, 0.1) is 6.92 Å². The molecule has 0 saturated heterocycles. The van der Waals surface area contributed by atoms with E-state index < -0.39 is 16.1 Å². The van der Waals surface area contributed by atoms with Gasteiger partial charge in [-0.3, -0.25) is 13.9 Å². The fourth-order valence-electron chi connectivity index (χ4n) is 4.80. The standard InChI is InChI=1S/C28H38ClN3O4S/c1-21-15-16-24(29)20-26(21)32(37(3,35)36)18-9-14-27(33)31(19-17-23-10-5-4-6-11-23)22(2)28(34)30-25-12-7-8-13-25/h4-6,10-11,15-16,20,22,25H,7-9,12-14,17-19H2,1-3H3,(H,30,34)/t22-/m1/s1. The molecule has 0 unspecified atom stereocenters. The van der Waals surface area contributed by atoms with Crippen molar-refractivity contribution in [2.75, 3.05) is 23.7 Å². The summed E-state index contributed by atoms with van der Waals surface area (Å²) in [6.07, 6.45) is 6.39. The molecule has 9 heteroatoms. The van der Waals surface area contributed by atoms with Gasteiger partial charge in [-0.25, -0.2) is 8.42 Å². The van der Waals surface area contributed by atoms with Crippen molar-refractivity contribution in [3.8, 4) is 0 Å². The maximum atomic E-state index is 13.4. The van der Waals surface area contributed by atoms with Gasteiger partial charge in [-0.1, -0.05) is 60.8 Å². The Hall–Kier alpha value is -2.58. The second-order valence-corrected chi connectivity index (χ2v) is 12.2. The highest BCUT2D eigenvalue weighted by Gasteiger charge is 2.28. The number of carbonyl (C=O) groups excluding carboxylic acids is 2. The maximum absolute atomic E-state index is 13.4. The average molecular weight is 548 g/mol. The zero-order valence-electron chi connectivity index (χ0n) is 22.0. The second kappa shape index (κ2) is 13.3. The lowest BCUT2D eigenvalue weighted by atomic mass is 10.1. The quantitative estimate of drug-likeness (QED) is 0.417. The van der Waals surface area contributed by atoms with E-state index in [0.29, 0.717) is 30.1 Å². The molecule has 0 radical (unpaired) electrons. The van der Waals surface area contributed by atoms with Gasteiger partial charge >= 0.3 is 0 Å². The van der Waals surface area contributed by atoms with E-state index in [0.717, 1.165) is 43.1 Å². The van der Waals surface area contributed by atoms with Gasteiger partial charge in [0.25, 0.3) is 0 Å². The molecule has 1 aliphatic rings. The van der Waals surface area contributed by atoms with Crippen LogP contribution in [0.5, 0.6) is 0 Å². The van der Waals surface area contributed by atoms with Crippen LogP contribution in [-0.4, -0.2) is 56.6 Å². The lowest BCUT2D eigenvalue weighted by Gasteiger charge is -2.30. The molecule has 1 atom stereocenters. The molecule has 2 amide bonds. The van der Waals surface area contributed by atoms with Crippen LogP contribution >= 0.6 is 11.6 Å². The van der Waals surface area contributed by atoms with Crippen molar-refractivity contribution in [2.24, 2.45) is 0 Å². The van der Waals surface area contributed by atoms with E-state index in [4.69, 9.17) is 11.6 Å². The van der Waals surface area contributed by atoms with Gasteiger partial charge in [0.1, 0.15) is 6.04 Å². The number of sulfonamides is 1. The number of carbonyl (C=O) groups is 2. The monoisotopic (exact) mass is 547 g/mol. The first-order chi connectivity index (χ1) is 17.6. The van der Waals surface area contributed by atoms with E-state index in [1.807, 2.05) is 37.3 Å². The van der Waals surface area contributed by atoms with E-state index in [-0.39, 0.29) is 30.8 Å². The number of nitrogens with one attached hydrogen (secondary N) is 1. The number of nitrogens with zero attached hydrogens (tertiary/aromatic N) is 2. The van der Waals surface area contributed by atoms with Crippen molar-refractivity contribution >= 4 is 39.1 Å². The lowest BCUT2D eigenvalue weighted by Crippen LogP contribution is -2.50. The van der Waals surface area contributed by atoms with E-state index in [9.17, 15) is 18.0 Å². The Morgan fingerprint density at radius 3 is 2.41 bits per heavy atom. The molecule has 2 aromatic rings. The summed E-state index contributed by atoms with van der Waals surface area (Å²) in [6.45, 7) is 4.14. The van der Waals surface area contributed by atoms with Gasteiger partial charge in [-0.2, -0.15) is 0 Å². The Labute approximate surface area is 226 Å². The van der Waals surface area contributed by atoms with Crippen molar-refractivity contribution in [3.05, 3.63) is 64.7 Å². The molecule has 1 N–H and O–H groups in total. The molecule has 3 rings (SSSR count). The van der Waals surface area contributed by atoms with E-state index in [2.05, 4.69) is 5.32 Å². The molecular formula is C28H38ClN3O4S. The molecule has 0 aromatic heterocycles. The smallest absolute Gasteiger partial charge is 0.242 e. The number of rotatable bonds is 12. The predicted octanol–water partition coefficient (Wildman–Crippen LogP) is 4.71. The maximum Gasteiger partial charge on any atom is 0.242 e. The molecule has 2 aromatic carbocycles. The summed E-state index contributed by atoms with van der Waals surface area (Å²) in [4.78, 5) is 28.0. The summed E-state index contributed by atoms with van der Waals surface area (Å²) in [5.41, 5.74) is 2.37. The van der Waals surface area contributed by atoms with Crippen molar-refractivity contribution in [2.45, 2.75) is 70.9 Å². The van der Waals surface area contributed by atoms with Gasteiger partial charge in [0.15, 0.2) is 0 Å². The van der Waals surface area contributed by atoms with E-state index in [1.165, 1.54) is 4.31 Å². The zero-order chi connectivity index (χ0) is 27.0. The van der Waals surface area contributed by atoms with Crippen molar-refractivity contribution < 1.29 is 18.0 Å². The van der Waals surface area contributed by atoms with Crippen molar-refractivity contribution in [1.29, 1.82) is 0 Å². The Morgan fingerprint density at radius 1 is 1.08 bits per heavy atom. The van der Waals surface area contributed by atoms with Crippen LogP contribution in [0.1, 0.15) is 56.6 Å². The number of benzene rings is 2. The molecule has 37 heavy (non-hydrogen) atoms. The van der Waals surface area contributed by atoms with Crippen LogP contribution in [0.25, 0.3) is 0 Å². The minimum absolute atomic E-state index is 0.126. The van der Waals surface area contributed by atoms with Crippen LogP contribution in [-0.2, 0) is 26.0 Å². The summed E-state index contributed by atoms with van der Waals surface area (Å²) in [6, 6.07) is 14.5. The summed E-state index contributed by atoms with van der Waals surface area (Å²) in [5.74, 6) is -0.304. The minimum Gasteiger partial charge on any atom is -0.352 e. The molecule has 202 valence electrons. The third-order valence-corrected chi connectivity index (χ3v) is 8.36. The largest absolute Gasteiger partial charge is 0.352 e. The van der Waals surface area contributed by atoms with Gasteiger partial charge in [0, 0.05) is 30.6 Å². The molecule has 0 aliphatic heterocycles. The van der Waals surface area contributed by atoms with E-state index in [1.54, 1.807) is 30.0 Å². The first-order valence-corrected chi connectivity index (χ1v) is 15.2. The van der Waals surface area contributed by atoms with Crippen LogP contribution in [0.15, 0.2) is 48.5 Å². The third kappa shape index (κ3) is 8.47. The summed E-state index contributed by atoms with van der Waals surface area (Å²) in [7, 11) is -3.58. The van der Waals surface area contributed by atoms with Crippen LogP contribution in [0.3, 0.4) is 0 Å². The zero-order valence-corrected chi connectivity index (χ0v) is 23.5. The molecular weight excluding hydrogens is 510 g/mol. The number of halogens is 1. The minimum atomic E-state index is -3.58. The molecule has 1 saturated carbocycles. The second-order valence-electron chi connectivity index (χ2n) is 9.86. The van der Waals surface area contributed by atoms with Crippen molar-refractivity contribution in [3.63, 3.8) is 0 Å². The highest BCUT2D eigenvalue weighted by Crippen LogP contribution is 2.27. The van der Waals surface area contributed by atoms with Gasteiger partial charge in [-0.15, -0.1) is 0 Å². The molecule has 1 fully saturated rings. The van der Waals surface area contributed by atoms with Crippen LogP contribution in [0.2, 0.25) is 5.02 Å². The third-order valence-electron chi connectivity index (χ3n) is 6.95. The SMILES string of the molecule is Cc1ccc(Cl)cc1N(CCCC(=O)N(CCc1ccccc1)[C@H](C)C(=O)NC1CCCC1)S(C)(=O)=O. The van der Waals surface area contributed by atoms with Gasteiger partial charge in [-0.05, 0) is 62.8 Å². The Morgan fingerprint density at radius 2 is 1.76 bits per heavy atom. The van der Waals surface area contributed by atoms with Gasteiger partial charge in [0.2, 0.25) is 21.8 Å². The fraction of sp³-hybridized carbons (Fsp3) is 0.500. The highest BCUT2D eigenvalue weighted by atomic mass is 35.5. The normalized spacial score (nSPS) is 14.8. The van der Waals surface area contributed by atoms with E-state index >= 15 is 0 Å². The Bertz CT molecular complexity index is 1170. The van der Waals surface area contributed by atoms with Crippen LogP contribution in [0.4, 0.5) is 5.69 Å². The average Bonchev–Trinajstić information content (AvgIpc) is 3.36. The Balaban J connectivity index is 1.69. The summed E-state index contributed by atoms with van der Waals surface area (Å²) >= 11 is 6.13. The topological polar surface area (TPSA) is 86.8 Å². The number of hydrogen-bond donors (Lipinski definition) is 1. The first-order valence-electron chi connectivity index (χ1n) is 12.9. The van der Waals surface area contributed by atoms with Crippen LogP contribution < -0.4 is 9.62 Å². The highest BCUT2D eigenvalue weighted by molar-refractivity contribution is 7.92. The predicted molar refractivity (Wildman–Crippen MR) is 149 cm³/mol. The number of hydrogen-bond acceptors (Lipinski definition) is 4. The van der Waals surface area contributed by atoms with Gasteiger partial charge in [0.05, 0.1) is 11.9 Å². The van der Waals surface area contributed by atoms with Crippen molar-refractivity contribution in [1.82, 2.24) is 10.2 Å². The van der Waals surface area contributed by atoms with Gasteiger partial charge < -0.3 is 10.2 Å². The molecule has 7 nitrogen and oxygen atoms in total. The molecule has 0 spiro atoms. The lowest BCUT2D eigenvalue weighted by molar-refractivity contribution is -0.140. The molecule has 0 heterocycles. The number of amides is 2. The summed E-state index contributed by atoms with van der Waals surface area (Å²) < 4.78 is 26.4. The number of aryl methyl sites for hydroxylation is 1. The first kappa shape index (κ1) is 29.0. The Kier molecular flexibility index (Phi) is 10.4. The fourth-order valence-corrected chi connectivity index (χ4v) is 5.98. The molecule has 1 aliphatic carbocycles.